The van der Waals surface area contributed by atoms with Gasteiger partial charge in [0.2, 0.25) is 0 Å². The highest BCUT2D eigenvalue weighted by molar-refractivity contribution is 9.10. The molecule has 1 aromatic rings. The summed E-state index contributed by atoms with van der Waals surface area (Å²) in [6.07, 6.45) is 3.62. The highest BCUT2D eigenvalue weighted by Gasteiger charge is 2.41. The maximum Gasteiger partial charge on any atom is 0.329 e. The Morgan fingerprint density at radius 2 is 1.90 bits per heavy atom. The average molecular weight is 355 g/mol. The molecule has 2 rings (SSSR count). The third-order valence-corrected chi connectivity index (χ3v) is 4.41. The maximum absolute atomic E-state index is 12.2. The van der Waals surface area contributed by atoms with Crippen LogP contribution in [-0.2, 0) is 4.79 Å². The van der Waals surface area contributed by atoms with Gasteiger partial charge in [-0.15, -0.1) is 0 Å². The SMILES string of the molecule is Cc1ccc(Br)cc1NC(=O)NC1(C(=O)O)CCCCC1. The molecular weight excluding hydrogens is 336 g/mol. The fourth-order valence-corrected chi connectivity index (χ4v) is 3.01. The second-order valence-electron chi connectivity index (χ2n) is 5.49. The number of halogens is 1. The minimum atomic E-state index is -1.14. The van der Waals surface area contributed by atoms with Gasteiger partial charge in [-0.3, -0.25) is 0 Å². The van der Waals surface area contributed by atoms with Gasteiger partial charge in [-0.25, -0.2) is 9.59 Å². The standard InChI is InChI=1S/C15H19BrN2O3/c1-10-5-6-11(16)9-12(10)17-14(21)18-15(13(19)20)7-3-2-4-8-15/h5-6,9H,2-4,7-8H2,1H3,(H,19,20)(H2,17,18,21). The van der Waals surface area contributed by atoms with Crippen molar-refractivity contribution in [2.45, 2.75) is 44.6 Å². The molecular formula is C15H19BrN2O3. The second kappa shape index (κ2) is 6.47. The molecule has 3 N–H and O–H groups in total. The Hall–Kier alpha value is -1.56. The number of rotatable bonds is 3. The Balaban J connectivity index is 2.09. The molecule has 21 heavy (non-hydrogen) atoms. The molecule has 0 unspecified atom stereocenters. The summed E-state index contributed by atoms with van der Waals surface area (Å²) >= 11 is 3.35. The summed E-state index contributed by atoms with van der Waals surface area (Å²) in [6, 6.07) is 5.09. The van der Waals surface area contributed by atoms with E-state index in [-0.39, 0.29) is 0 Å². The first-order chi connectivity index (χ1) is 9.93. The van der Waals surface area contributed by atoms with Crippen LogP contribution >= 0.6 is 15.9 Å². The van der Waals surface area contributed by atoms with Crippen molar-refractivity contribution in [3.8, 4) is 0 Å². The number of carbonyl (C=O) groups excluding carboxylic acids is 1. The first-order valence-corrected chi connectivity index (χ1v) is 7.81. The molecule has 0 saturated heterocycles. The van der Waals surface area contributed by atoms with Gasteiger partial charge in [0.25, 0.3) is 0 Å². The number of hydrogen-bond acceptors (Lipinski definition) is 2. The van der Waals surface area contributed by atoms with Gasteiger partial charge >= 0.3 is 12.0 Å². The van der Waals surface area contributed by atoms with Gasteiger partial charge in [0.15, 0.2) is 0 Å². The molecule has 1 aliphatic carbocycles. The highest BCUT2D eigenvalue weighted by atomic mass is 79.9. The lowest BCUT2D eigenvalue weighted by molar-refractivity contribution is -0.145. The number of aryl methyl sites for hydroxylation is 1. The monoisotopic (exact) mass is 354 g/mol. The maximum atomic E-state index is 12.2. The van der Waals surface area contributed by atoms with E-state index < -0.39 is 17.5 Å². The van der Waals surface area contributed by atoms with Gasteiger partial charge in [0.1, 0.15) is 5.54 Å². The third kappa shape index (κ3) is 3.75. The first kappa shape index (κ1) is 15.8. The second-order valence-corrected chi connectivity index (χ2v) is 6.40. The van der Waals surface area contributed by atoms with Gasteiger partial charge < -0.3 is 15.7 Å². The first-order valence-electron chi connectivity index (χ1n) is 7.02. The van der Waals surface area contributed by atoms with Gasteiger partial charge in [0.05, 0.1) is 0 Å². The topological polar surface area (TPSA) is 78.4 Å². The molecule has 114 valence electrons. The van der Waals surface area contributed by atoms with E-state index in [0.29, 0.717) is 18.5 Å². The van der Waals surface area contributed by atoms with Crippen LogP contribution in [0.2, 0.25) is 0 Å². The zero-order valence-electron chi connectivity index (χ0n) is 11.9. The van der Waals surface area contributed by atoms with Crippen molar-refractivity contribution in [3.63, 3.8) is 0 Å². The van der Waals surface area contributed by atoms with Crippen molar-refractivity contribution in [2.24, 2.45) is 0 Å². The van der Waals surface area contributed by atoms with Crippen LogP contribution in [0.25, 0.3) is 0 Å². The fraction of sp³-hybridized carbons (Fsp3) is 0.467. The van der Waals surface area contributed by atoms with Crippen molar-refractivity contribution >= 4 is 33.6 Å². The third-order valence-electron chi connectivity index (χ3n) is 3.92. The largest absolute Gasteiger partial charge is 0.480 e. The number of aliphatic carboxylic acids is 1. The number of carboxylic acids is 1. The summed E-state index contributed by atoms with van der Waals surface area (Å²) in [7, 11) is 0. The normalized spacial score (nSPS) is 17.0. The van der Waals surface area contributed by atoms with E-state index in [1.165, 1.54) is 0 Å². The van der Waals surface area contributed by atoms with Crippen molar-refractivity contribution < 1.29 is 14.7 Å². The number of anilines is 1. The van der Waals surface area contributed by atoms with E-state index in [0.717, 1.165) is 29.3 Å². The van der Waals surface area contributed by atoms with E-state index >= 15 is 0 Å². The molecule has 0 bridgehead atoms. The van der Waals surface area contributed by atoms with Crippen LogP contribution in [-0.4, -0.2) is 22.6 Å². The molecule has 0 aromatic heterocycles. The summed E-state index contributed by atoms with van der Waals surface area (Å²) in [5.74, 6) is -0.955. The van der Waals surface area contributed by atoms with Crippen molar-refractivity contribution in [1.82, 2.24) is 5.32 Å². The van der Waals surface area contributed by atoms with Crippen LogP contribution in [0.5, 0.6) is 0 Å². The lowest BCUT2D eigenvalue weighted by Gasteiger charge is -2.33. The quantitative estimate of drug-likeness (QED) is 0.774. The minimum absolute atomic E-state index is 0.472. The Kier molecular flexibility index (Phi) is 4.88. The molecule has 6 heteroatoms. The van der Waals surface area contributed by atoms with Gasteiger partial charge in [-0.1, -0.05) is 41.3 Å². The number of carbonyl (C=O) groups is 2. The predicted octanol–water partition coefficient (Wildman–Crippen LogP) is 3.67. The molecule has 0 radical (unpaired) electrons. The zero-order valence-corrected chi connectivity index (χ0v) is 13.5. The summed E-state index contributed by atoms with van der Waals surface area (Å²) in [4.78, 5) is 23.7. The van der Waals surface area contributed by atoms with E-state index in [9.17, 15) is 14.7 Å². The molecule has 5 nitrogen and oxygen atoms in total. The number of benzene rings is 1. The summed E-state index contributed by atoms with van der Waals surface area (Å²) in [6.45, 7) is 1.88. The number of urea groups is 1. The number of hydrogen-bond donors (Lipinski definition) is 3. The van der Waals surface area contributed by atoms with Gasteiger partial charge in [-0.2, -0.15) is 0 Å². The number of amides is 2. The molecule has 1 aliphatic rings. The average Bonchev–Trinajstić information content (AvgIpc) is 2.43. The van der Waals surface area contributed by atoms with Crippen molar-refractivity contribution in [2.75, 3.05) is 5.32 Å². The Morgan fingerprint density at radius 1 is 1.24 bits per heavy atom. The lowest BCUT2D eigenvalue weighted by atomic mass is 9.82. The molecule has 1 saturated carbocycles. The number of nitrogens with one attached hydrogen (secondary N) is 2. The van der Waals surface area contributed by atoms with Crippen molar-refractivity contribution in [3.05, 3.63) is 28.2 Å². The Labute approximate surface area is 132 Å². The summed E-state index contributed by atoms with van der Waals surface area (Å²) < 4.78 is 0.856. The van der Waals surface area contributed by atoms with Crippen LogP contribution in [0.15, 0.2) is 22.7 Å². The van der Waals surface area contributed by atoms with E-state index in [2.05, 4.69) is 26.6 Å². The highest BCUT2D eigenvalue weighted by Crippen LogP contribution is 2.29. The molecule has 0 heterocycles. The van der Waals surface area contributed by atoms with E-state index in [1.807, 2.05) is 19.1 Å². The van der Waals surface area contributed by atoms with E-state index in [4.69, 9.17) is 0 Å². The summed E-state index contributed by atoms with van der Waals surface area (Å²) in [5, 5.41) is 14.8. The van der Waals surface area contributed by atoms with E-state index in [1.54, 1.807) is 6.07 Å². The van der Waals surface area contributed by atoms with Crippen LogP contribution in [0.3, 0.4) is 0 Å². The van der Waals surface area contributed by atoms with Gasteiger partial charge in [-0.05, 0) is 37.5 Å². The van der Waals surface area contributed by atoms with Crippen molar-refractivity contribution in [1.29, 1.82) is 0 Å². The molecule has 0 aliphatic heterocycles. The van der Waals surface area contributed by atoms with Crippen LogP contribution < -0.4 is 10.6 Å². The minimum Gasteiger partial charge on any atom is -0.480 e. The van der Waals surface area contributed by atoms with Crippen LogP contribution in [0.1, 0.15) is 37.7 Å². The zero-order chi connectivity index (χ0) is 15.5. The Morgan fingerprint density at radius 3 is 2.52 bits per heavy atom. The molecule has 0 atom stereocenters. The summed E-state index contributed by atoms with van der Waals surface area (Å²) in [5.41, 5.74) is 0.446. The molecule has 1 aromatic carbocycles. The predicted molar refractivity (Wildman–Crippen MR) is 84.5 cm³/mol. The lowest BCUT2D eigenvalue weighted by Crippen LogP contribution is -2.56. The van der Waals surface area contributed by atoms with Crippen LogP contribution in [0, 0.1) is 6.92 Å². The Bertz CT molecular complexity index is 554. The number of carboxylic acid groups (broad SMARTS) is 1. The molecule has 2 amide bonds. The smallest absolute Gasteiger partial charge is 0.329 e. The molecule has 1 fully saturated rings. The van der Waals surface area contributed by atoms with Gasteiger partial charge in [0, 0.05) is 10.2 Å². The van der Waals surface area contributed by atoms with Crippen LogP contribution in [0.4, 0.5) is 10.5 Å². The molecule has 0 spiro atoms. The fourth-order valence-electron chi connectivity index (χ4n) is 2.65.